The van der Waals surface area contributed by atoms with Crippen LogP contribution < -0.4 is 5.69 Å². The van der Waals surface area contributed by atoms with Crippen molar-refractivity contribution in [3.8, 4) is 0 Å². The normalized spacial score (nSPS) is 20.9. The molecule has 2 N–H and O–H groups in total. The molecule has 2 amide bonds. The van der Waals surface area contributed by atoms with Crippen LogP contribution in [-0.2, 0) is 0 Å². The molecule has 0 radical (unpaired) electrons. The summed E-state index contributed by atoms with van der Waals surface area (Å²) < 4.78 is 0. The molecule has 0 spiro atoms. The fourth-order valence-corrected chi connectivity index (χ4v) is 3.49. The number of aromatic amines is 2. The summed E-state index contributed by atoms with van der Waals surface area (Å²) in [5, 5.41) is 6.41. The number of carbonyl (C=O) groups is 1. The van der Waals surface area contributed by atoms with Crippen LogP contribution in [0.2, 0.25) is 0 Å². The number of nitrogens with one attached hydrogen (secondary N) is 2. The number of likely N-dealkylation sites (tertiary alicyclic amines) is 1. The Morgan fingerprint density at radius 3 is 2.48 bits per heavy atom. The Morgan fingerprint density at radius 1 is 1.24 bits per heavy atom. The molecule has 7 nitrogen and oxygen atoms in total. The maximum Gasteiger partial charge on any atom is 0.340 e. The Morgan fingerprint density at radius 2 is 1.90 bits per heavy atom. The summed E-state index contributed by atoms with van der Waals surface area (Å²) in [7, 11) is 1.93. The summed E-state index contributed by atoms with van der Waals surface area (Å²) in [6, 6.07) is 0.564. The molecule has 1 saturated heterocycles. The third-order valence-electron chi connectivity index (χ3n) is 4.85. The lowest BCUT2D eigenvalue weighted by molar-refractivity contribution is 0.134. The average molecular weight is 293 g/mol. The Labute approximate surface area is 123 Å². The van der Waals surface area contributed by atoms with E-state index in [1.165, 1.54) is 12.8 Å². The Bertz CT molecular complexity index is 538. The number of amides is 2. The van der Waals surface area contributed by atoms with E-state index in [1.807, 2.05) is 16.8 Å². The first-order chi connectivity index (χ1) is 10.1. The number of hydrogen-bond acceptors (Lipinski definition) is 3. The summed E-state index contributed by atoms with van der Waals surface area (Å²) in [6.45, 7) is 1.46. The molecule has 1 aliphatic heterocycles. The van der Waals surface area contributed by atoms with Gasteiger partial charge in [0.1, 0.15) is 5.82 Å². The van der Waals surface area contributed by atoms with Gasteiger partial charge in [0.25, 0.3) is 0 Å². The molecule has 0 aromatic carbocycles. The molecule has 1 aromatic rings. The molecule has 1 saturated carbocycles. The van der Waals surface area contributed by atoms with Crippen LogP contribution in [0.3, 0.4) is 0 Å². The summed E-state index contributed by atoms with van der Waals surface area (Å²) in [5.41, 5.74) is -0.260. The molecule has 1 aromatic heterocycles. The van der Waals surface area contributed by atoms with Crippen molar-refractivity contribution in [1.29, 1.82) is 0 Å². The zero-order valence-corrected chi connectivity index (χ0v) is 12.5. The average Bonchev–Trinajstić information content (AvgIpc) is 3.17. The fraction of sp³-hybridized carbons (Fsp3) is 0.786. The molecule has 0 atom stereocenters. The summed E-state index contributed by atoms with van der Waals surface area (Å²) in [6.07, 6.45) is 6.43. The van der Waals surface area contributed by atoms with Crippen LogP contribution >= 0.6 is 0 Å². The highest BCUT2D eigenvalue weighted by atomic mass is 16.2. The Balaban J connectivity index is 1.55. The molecule has 116 valence electrons. The van der Waals surface area contributed by atoms with Crippen LogP contribution in [0.5, 0.6) is 0 Å². The third-order valence-corrected chi connectivity index (χ3v) is 4.85. The first-order valence-electron chi connectivity index (χ1n) is 7.81. The highest BCUT2D eigenvalue weighted by Gasteiger charge is 2.30. The van der Waals surface area contributed by atoms with Crippen molar-refractivity contribution in [3.05, 3.63) is 16.3 Å². The summed E-state index contributed by atoms with van der Waals surface area (Å²) in [5.74, 6) is 0.959. The van der Waals surface area contributed by atoms with Gasteiger partial charge in [-0.3, -0.25) is 4.98 Å². The number of urea groups is 1. The van der Waals surface area contributed by atoms with Crippen molar-refractivity contribution in [1.82, 2.24) is 25.0 Å². The molecule has 2 heterocycles. The highest BCUT2D eigenvalue weighted by Crippen LogP contribution is 2.27. The number of aromatic nitrogens is 3. The number of H-pyrrole nitrogens is 2. The van der Waals surface area contributed by atoms with E-state index in [2.05, 4.69) is 15.2 Å². The van der Waals surface area contributed by atoms with Crippen molar-refractivity contribution >= 4 is 6.03 Å². The van der Waals surface area contributed by atoms with Gasteiger partial charge in [-0.25, -0.2) is 14.7 Å². The van der Waals surface area contributed by atoms with E-state index in [0.717, 1.165) is 44.6 Å². The Hall–Kier alpha value is -1.79. The van der Waals surface area contributed by atoms with Gasteiger partial charge in [0.05, 0.1) is 0 Å². The van der Waals surface area contributed by atoms with Crippen LogP contribution in [-0.4, -0.2) is 57.2 Å². The van der Waals surface area contributed by atoms with Crippen molar-refractivity contribution < 1.29 is 4.79 Å². The molecule has 0 bridgehead atoms. The van der Waals surface area contributed by atoms with Crippen LogP contribution in [0.15, 0.2) is 4.79 Å². The van der Waals surface area contributed by atoms with Gasteiger partial charge in [-0.15, -0.1) is 0 Å². The van der Waals surface area contributed by atoms with Crippen LogP contribution in [0.25, 0.3) is 0 Å². The van der Waals surface area contributed by atoms with E-state index >= 15 is 0 Å². The van der Waals surface area contributed by atoms with Crippen molar-refractivity contribution in [3.63, 3.8) is 0 Å². The number of carbonyl (C=O) groups excluding carboxylic acids is 1. The lowest BCUT2D eigenvalue weighted by Gasteiger charge is -2.36. The van der Waals surface area contributed by atoms with Crippen LogP contribution in [0.4, 0.5) is 4.79 Å². The quantitative estimate of drug-likeness (QED) is 0.861. The molecule has 3 rings (SSSR count). The van der Waals surface area contributed by atoms with E-state index < -0.39 is 0 Å². The van der Waals surface area contributed by atoms with Gasteiger partial charge in [-0.2, -0.15) is 5.10 Å². The van der Waals surface area contributed by atoms with Crippen molar-refractivity contribution in [2.45, 2.75) is 50.5 Å². The molecule has 1 aliphatic carbocycles. The predicted molar refractivity (Wildman–Crippen MR) is 78.2 cm³/mol. The van der Waals surface area contributed by atoms with Crippen molar-refractivity contribution in [2.24, 2.45) is 0 Å². The minimum Gasteiger partial charge on any atom is -0.325 e. The van der Waals surface area contributed by atoms with Gasteiger partial charge in [0, 0.05) is 32.1 Å². The van der Waals surface area contributed by atoms with Crippen molar-refractivity contribution in [2.75, 3.05) is 20.1 Å². The van der Waals surface area contributed by atoms with Gasteiger partial charge in [0.15, 0.2) is 0 Å². The second-order valence-electron chi connectivity index (χ2n) is 6.16. The molecular weight excluding hydrogens is 270 g/mol. The smallest absolute Gasteiger partial charge is 0.325 e. The maximum atomic E-state index is 12.5. The largest absolute Gasteiger partial charge is 0.340 e. The van der Waals surface area contributed by atoms with Crippen LogP contribution in [0, 0.1) is 0 Å². The number of piperidine rings is 1. The summed E-state index contributed by atoms with van der Waals surface area (Å²) in [4.78, 5) is 30.2. The molecule has 21 heavy (non-hydrogen) atoms. The SMILES string of the molecule is CN(C(=O)N1CCC(c2n[nH]c(=O)[nH]2)CC1)C1CCCC1. The zero-order valence-electron chi connectivity index (χ0n) is 12.5. The number of nitrogens with zero attached hydrogens (tertiary/aromatic N) is 3. The van der Waals surface area contributed by atoms with E-state index in [0.29, 0.717) is 6.04 Å². The lowest BCUT2D eigenvalue weighted by atomic mass is 9.96. The lowest BCUT2D eigenvalue weighted by Crippen LogP contribution is -2.48. The minimum atomic E-state index is -0.260. The maximum absolute atomic E-state index is 12.5. The van der Waals surface area contributed by atoms with E-state index in [9.17, 15) is 9.59 Å². The Kier molecular flexibility index (Phi) is 3.98. The van der Waals surface area contributed by atoms with Gasteiger partial charge in [-0.05, 0) is 25.7 Å². The van der Waals surface area contributed by atoms with E-state index in [1.54, 1.807) is 0 Å². The standard InChI is InChI=1S/C14H23N5O2/c1-18(11-4-2-3-5-11)14(21)19-8-6-10(7-9-19)12-15-13(20)17-16-12/h10-11H,2-9H2,1H3,(H2,15,16,17,20). The monoisotopic (exact) mass is 293 g/mol. The molecule has 7 heteroatoms. The van der Waals surface area contributed by atoms with Gasteiger partial charge < -0.3 is 9.80 Å². The number of rotatable bonds is 2. The first-order valence-corrected chi connectivity index (χ1v) is 7.81. The van der Waals surface area contributed by atoms with E-state index in [-0.39, 0.29) is 17.6 Å². The van der Waals surface area contributed by atoms with Gasteiger partial charge >= 0.3 is 11.7 Å². The fourth-order valence-electron chi connectivity index (χ4n) is 3.49. The third kappa shape index (κ3) is 2.96. The molecule has 0 unspecified atom stereocenters. The first kappa shape index (κ1) is 14.2. The minimum absolute atomic E-state index is 0.149. The molecule has 2 aliphatic rings. The number of hydrogen-bond donors (Lipinski definition) is 2. The predicted octanol–water partition coefficient (Wildman–Crippen LogP) is 1.27. The van der Waals surface area contributed by atoms with E-state index in [4.69, 9.17) is 0 Å². The topological polar surface area (TPSA) is 85.1 Å². The second kappa shape index (κ2) is 5.91. The van der Waals surface area contributed by atoms with Gasteiger partial charge in [-0.1, -0.05) is 12.8 Å². The zero-order chi connectivity index (χ0) is 14.8. The van der Waals surface area contributed by atoms with Gasteiger partial charge in [0.2, 0.25) is 0 Å². The second-order valence-corrected chi connectivity index (χ2v) is 6.16. The molecular formula is C14H23N5O2. The summed E-state index contributed by atoms with van der Waals surface area (Å²) >= 11 is 0. The highest BCUT2D eigenvalue weighted by molar-refractivity contribution is 5.74. The molecule has 2 fully saturated rings. The van der Waals surface area contributed by atoms with Crippen LogP contribution in [0.1, 0.15) is 50.3 Å².